The van der Waals surface area contributed by atoms with Crippen LogP contribution < -0.4 is 5.32 Å². The molecule has 0 radical (unpaired) electrons. The molecule has 1 heterocycles. The van der Waals surface area contributed by atoms with Gasteiger partial charge >= 0.3 is 5.97 Å². The Bertz CT molecular complexity index is 605. The third-order valence-electron chi connectivity index (χ3n) is 3.03. The smallest absolute Gasteiger partial charge is 0.306 e. The molecule has 2 aromatic rings. The first-order valence-corrected chi connectivity index (χ1v) is 6.55. The minimum Gasteiger partial charge on any atom is -0.481 e. The first-order chi connectivity index (χ1) is 10.0. The van der Waals surface area contributed by atoms with Crippen molar-refractivity contribution in [1.29, 1.82) is 0 Å². The van der Waals surface area contributed by atoms with Crippen molar-refractivity contribution in [2.45, 2.75) is 19.8 Å². The Morgan fingerprint density at radius 1 is 1.29 bits per heavy atom. The van der Waals surface area contributed by atoms with Crippen LogP contribution in [0.5, 0.6) is 0 Å². The van der Waals surface area contributed by atoms with Gasteiger partial charge in [-0.2, -0.15) is 0 Å². The lowest BCUT2D eigenvalue weighted by molar-refractivity contribution is -0.141. The second-order valence-corrected chi connectivity index (χ2v) is 4.86. The number of aliphatic carboxylic acids is 1. The van der Waals surface area contributed by atoms with Crippen LogP contribution in [0.4, 0.5) is 5.69 Å². The number of nitrogens with one attached hydrogen (secondary N) is 1. The normalized spacial score (nSPS) is 11.9. The number of aromatic nitrogens is 1. The molecule has 1 aromatic carbocycles. The number of carboxylic acid groups (broad SMARTS) is 1. The Morgan fingerprint density at radius 2 is 2.00 bits per heavy atom. The third-order valence-corrected chi connectivity index (χ3v) is 3.03. The van der Waals surface area contributed by atoms with E-state index in [2.05, 4.69) is 15.0 Å². The number of anilines is 1. The molecule has 1 amide bonds. The van der Waals surface area contributed by atoms with E-state index in [1.807, 2.05) is 12.1 Å². The van der Waals surface area contributed by atoms with Crippen LogP contribution in [0, 0.1) is 5.92 Å². The summed E-state index contributed by atoms with van der Waals surface area (Å²) in [4.78, 5) is 22.6. The van der Waals surface area contributed by atoms with E-state index in [1.54, 1.807) is 25.1 Å². The van der Waals surface area contributed by atoms with Crippen molar-refractivity contribution in [3.63, 3.8) is 0 Å². The van der Waals surface area contributed by atoms with E-state index in [9.17, 15) is 9.59 Å². The van der Waals surface area contributed by atoms with Crippen molar-refractivity contribution in [2.75, 3.05) is 5.32 Å². The number of carboxylic acids is 1. The molecule has 6 heteroatoms. The Kier molecular flexibility index (Phi) is 4.71. The van der Waals surface area contributed by atoms with E-state index in [-0.39, 0.29) is 12.3 Å². The molecule has 6 nitrogen and oxygen atoms in total. The van der Waals surface area contributed by atoms with E-state index in [4.69, 9.17) is 5.11 Å². The predicted octanol–water partition coefficient (Wildman–Crippen LogP) is 2.12. The quantitative estimate of drug-likeness (QED) is 0.849. The molecule has 0 aliphatic rings. The van der Waals surface area contributed by atoms with Gasteiger partial charge in [-0.25, -0.2) is 0 Å². The molecular weight excluding hydrogens is 272 g/mol. The van der Waals surface area contributed by atoms with Gasteiger partial charge in [0.05, 0.1) is 18.0 Å². The average molecular weight is 288 g/mol. The van der Waals surface area contributed by atoms with Gasteiger partial charge in [-0.3, -0.25) is 9.59 Å². The fourth-order valence-electron chi connectivity index (χ4n) is 1.86. The third kappa shape index (κ3) is 4.45. The van der Waals surface area contributed by atoms with Crippen LogP contribution in [0.2, 0.25) is 0 Å². The molecule has 0 fully saturated rings. The van der Waals surface area contributed by atoms with Crippen molar-refractivity contribution in [3.05, 3.63) is 47.9 Å². The van der Waals surface area contributed by atoms with Crippen molar-refractivity contribution in [1.82, 2.24) is 5.16 Å². The van der Waals surface area contributed by atoms with Crippen LogP contribution in [0.1, 0.15) is 18.2 Å². The molecular formula is C15H16N2O4. The van der Waals surface area contributed by atoms with Crippen LogP contribution in [0.3, 0.4) is 0 Å². The van der Waals surface area contributed by atoms with E-state index in [0.29, 0.717) is 17.8 Å². The highest BCUT2D eigenvalue weighted by Crippen LogP contribution is 2.14. The van der Waals surface area contributed by atoms with Gasteiger partial charge in [0.2, 0.25) is 5.91 Å². The van der Waals surface area contributed by atoms with Gasteiger partial charge in [-0.1, -0.05) is 24.2 Å². The summed E-state index contributed by atoms with van der Waals surface area (Å²) in [6.45, 7) is 1.66. The Labute approximate surface area is 121 Å². The molecule has 0 saturated heterocycles. The van der Waals surface area contributed by atoms with Crippen LogP contribution in [-0.2, 0) is 22.4 Å². The molecule has 0 saturated carbocycles. The van der Waals surface area contributed by atoms with Crippen LogP contribution >= 0.6 is 0 Å². The zero-order chi connectivity index (χ0) is 15.2. The maximum Gasteiger partial charge on any atom is 0.306 e. The molecule has 0 spiro atoms. The number of rotatable bonds is 6. The zero-order valence-corrected chi connectivity index (χ0v) is 11.6. The standard InChI is InChI=1S/C15H16N2O4/c1-10(15(19)20)8-11-2-4-12(5-3-11)16-14(18)9-13-6-7-21-17-13/h2-7,10H,8-9H2,1H3,(H,16,18)(H,19,20). The second kappa shape index (κ2) is 6.69. The van der Waals surface area contributed by atoms with Gasteiger partial charge in [0.25, 0.3) is 0 Å². The molecule has 0 aliphatic carbocycles. The van der Waals surface area contributed by atoms with Gasteiger partial charge < -0.3 is 14.9 Å². The summed E-state index contributed by atoms with van der Waals surface area (Å²) in [6, 6.07) is 8.77. The topological polar surface area (TPSA) is 92.4 Å². The molecule has 1 aromatic heterocycles. The van der Waals surface area contributed by atoms with Gasteiger partial charge in [0.15, 0.2) is 0 Å². The fraction of sp³-hybridized carbons (Fsp3) is 0.267. The molecule has 2 N–H and O–H groups in total. The zero-order valence-electron chi connectivity index (χ0n) is 11.6. The van der Waals surface area contributed by atoms with Gasteiger partial charge in [0.1, 0.15) is 6.26 Å². The minimum absolute atomic E-state index is 0.147. The summed E-state index contributed by atoms with van der Waals surface area (Å²) in [6.07, 6.45) is 2.03. The van der Waals surface area contributed by atoms with Gasteiger partial charge in [-0.05, 0) is 24.1 Å². The van der Waals surface area contributed by atoms with E-state index < -0.39 is 11.9 Å². The summed E-state index contributed by atoms with van der Waals surface area (Å²) < 4.78 is 4.66. The maximum atomic E-state index is 11.8. The number of hydrogen-bond donors (Lipinski definition) is 2. The summed E-state index contributed by atoms with van der Waals surface area (Å²) in [5, 5.41) is 15.3. The Morgan fingerprint density at radius 3 is 2.57 bits per heavy atom. The fourth-order valence-corrected chi connectivity index (χ4v) is 1.86. The first-order valence-electron chi connectivity index (χ1n) is 6.55. The van der Waals surface area contributed by atoms with Gasteiger partial charge in [-0.15, -0.1) is 0 Å². The number of nitrogens with zero attached hydrogens (tertiary/aromatic N) is 1. The number of benzene rings is 1. The molecule has 21 heavy (non-hydrogen) atoms. The SMILES string of the molecule is CC(Cc1ccc(NC(=O)Cc2ccon2)cc1)C(=O)O. The monoisotopic (exact) mass is 288 g/mol. The predicted molar refractivity (Wildman–Crippen MR) is 75.8 cm³/mol. The number of carbonyl (C=O) groups excluding carboxylic acids is 1. The first kappa shape index (κ1) is 14.8. The molecule has 0 bridgehead atoms. The van der Waals surface area contributed by atoms with Crippen molar-refractivity contribution in [3.8, 4) is 0 Å². The number of carbonyl (C=O) groups is 2. The highest BCUT2D eigenvalue weighted by atomic mass is 16.5. The molecule has 1 atom stereocenters. The maximum absolute atomic E-state index is 11.8. The number of amides is 1. The summed E-state index contributed by atoms with van der Waals surface area (Å²) in [5.41, 5.74) is 2.15. The number of hydrogen-bond acceptors (Lipinski definition) is 4. The van der Waals surface area contributed by atoms with Crippen molar-refractivity contribution >= 4 is 17.6 Å². The van der Waals surface area contributed by atoms with Gasteiger partial charge in [0, 0.05) is 11.8 Å². The van der Waals surface area contributed by atoms with Crippen molar-refractivity contribution < 1.29 is 19.2 Å². The van der Waals surface area contributed by atoms with E-state index >= 15 is 0 Å². The van der Waals surface area contributed by atoms with E-state index in [1.165, 1.54) is 6.26 Å². The summed E-state index contributed by atoms with van der Waals surface area (Å²) in [5.74, 6) is -1.44. The summed E-state index contributed by atoms with van der Waals surface area (Å²) in [7, 11) is 0. The molecule has 1 unspecified atom stereocenters. The van der Waals surface area contributed by atoms with Crippen molar-refractivity contribution in [2.24, 2.45) is 5.92 Å². The van der Waals surface area contributed by atoms with Crippen LogP contribution in [0.15, 0.2) is 41.1 Å². The lowest BCUT2D eigenvalue weighted by Crippen LogP contribution is -2.15. The second-order valence-electron chi connectivity index (χ2n) is 4.86. The highest BCUT2D eigenvalue weighted by molar-refractivity contribution is 5.91. The largest absolute Gasteiger partial charge is 0.481 e. The van der Waals surface area contributed by atoms with Crippen LogP contribution in [-0.4, -0.2) is 22.1 Å². The molecule has 0 aliphatic heterocycles. The Hall–Kier alpha value is -2.63. The average Bonchev–Trinajstić information content (AvgIpc) is 2.93. The summed E-state index contributed by atoms with van der Waals surface area (Å²) >= 11 is 0. The molecule has 110 valence electrons. The van der Waals surface area contributed by atoms with E-state index in [0.717, 1.165) is 5.56 Å². The lowest BCUT2D eigenvalue weighted by atomic mass is 10.0. The minimum atomic E-state index is -0.819. The molecule has 2 rings (SSSR count). The lowest BCUT2D eigenvalue weighted by Gasteiger charge is -2.08. The Balaban J connectivity index is 1.90. The van der Waals surface area contributed by atoms with Crippen LogP contribution in [0.25, 0.3) is 0 Å². The highest BCUT2D eigenvalue weighted by Gasteiger charge is 2.11.